The minimum Gasteiger partial charge on any atom is -0.261 e. The molecule has 1 aliphatic carbocycles. The summed E-state index contributed by atoms with van der Waals surface area (Å²) in [5.41, 5.74) is 1.09. The Morgan fingerprint density at radius 1 is 1.50 bits per heavy atom. The van der Waals surface area contributed by atoms with Gasteiger partial charge in [-0.3, -0.25) is 9.97 Å². The monoisotopic (exact) mass is 226 g/mol. The first-order chi connectivity index (χ1) is 5.86. The number of hydrogen-bond donors (Lipinski definition) is 0. The van der Waals surface area contributed by atoms with Crippen LogP contribution in [0.1, 0.15) is 18.5 Å². The second-order valence-electron chi connectivity index (χ2n) is 3.25. The van der Waals surface area contributed by atoms with Crippen LogP contribution >= 0.6 is 15.9 Å². The zero-order chi connectivity index (χ0) is 8.39. The van der Waals surface area contributed by atoms with E-state index < -0.39 is 0 Å². The molecule has 1 saturated carbocycles. The molecule has 2 nitrogen and oxygen atoms in total. The van der Waals surface area contributed by atoms with E-state index in [4.69, 9.17) is 0 Å². The van der Waals surface area contributed by atoms with Gasteiger partial charge in [0.05, 0.1) is 5.69 Å². The summed E-state index contributed by atoms with van der Waals surface area (Å²) >= 11 is 3.67. The number of nitrogens with zero attached hydrogens (tertiary/aromatic N) is 2. The van der Waals surface area contributed by atoms with E-state index in [2.05, 4.69) is 25.9 Å². The third kappa shape index (κ3) is 2.03. The average molecular weight is 227 g/mol. The Kier molecular flexibility index (Phi) is 2.40. The minimum absolute atomic E-state index is 0.606. The first kappa shape index (κ1) is 8.17. The molecule has 0 N–H and O–H groups in total. The third-order valence-electron chi connectivity index (χ3n) is 2.15. The van der Waals surface area contributed by atoms with Gasteiger partial charge in [0, 0.05) is 29.8 Å². The third-order valence-corrected chi connectivity index (χ3v) is 3.23. The van der Waals surface area contributed by atoms with Crippen LogP contribution in [0.3, 0.4) is 0 Å². The molecule has 12 heavy (non-hydrogen) atoms. The van der Waals surface area contributed by atoms with Gasteiger partial charge in [-0.25, -0.2) is 0 Å². The highest BCUT2D eigenvalue weighted by Gasteiger charge is 2.29. The molecular weight excluding hydrogens is 216 g/mol. The zero-order valence-corrected chi connectivity index (χ0v) is 8.37. The van der Waals surface area contributed by atoms with Crippen LogP contribution in [0.5, 0.6) is 0 Å². The summed E-state index contributed by atoms with van der Waals surface area (Å²) in [7, 11) is 0. The maximum Gasteiger partial charge on any atom is 0.0597 e. The van der Waals surface area contributed by atoms with E-state index in [-0.39, 0.29) is 0 Å². The molecule has 0 radical (unpaired) electrons. The average Bonchev–Trinajstić information content (AvgIpc) is 2.88. The molecule has 0 saturated heterocycles. The molecule has 1 aliphatic rings. The fraction of sp³-hybridized carbons (Fsp3) is 0.556. The molecule has 1 atom stereocenters. The van der Waals surface area contributed by atoms with E-state index in [0.29, 0.717) is 4.83 Å². The maximum absolute atomic E-state index is 4.24. The van der Waals surface area contributed by atoms with Crippen molar-refractivity contribution in [1.82, 2.24) is 9.97 Å². The molecule has 1 unspecified atom stereocenters. The van der Waals surface area contributed by atoms with Gasteiger partial charge in [-0.05, 0) is 18.8 Å². The van der Waals surface area contributed by atoms with E-state index in [1.54, 1.807) is 12.4 Å². The van der Waals surface area contributed by atoms with E-state index in [0.717, 1.165) is 18.0 Å². The summed E-state index contributed by atoms with van der Waals surface area (Å²) in [5, 5.41) is 0. The normalized spacial score (nSPS) is 19.1. The van der Waals surface area contributed by atoms with Gasteiger partial charge in [0.15, 0.2) is 0 Å². The van der Waals surface area contributed by atoms with Crippen molar-refractivity contribution in [2.45, 2.75) is 24.1 Å². The lowest BCUT2D eigenvalue weighted by atomic mass is 10.2. The van der Waals surface area contributed by atoms with E-state index >= 15 is 0 Å². The summed E-state index contributed by atoms with van der Waals surface area (Å²) in [6, 6.07) is 0. The Hall–Kier alpha value is -0.440. The Balaban J connectivity index is 1.94. The summed E-state index contributed by atoms with van der Waals surface area (Å²) < 4.78 is 0. The Morgan fingerprint density at radius 2 is 2.33 bits per heavy atom. The van der Waals surface area contributed by atoms with Crippen molar-refractivity contribution in [3.05, 3.63) is 24.3 Å². The Bertz CT molecular complexity index is 246. The highest BCUT2D eigenvalue weighted by Crippen LogP contribution is 2.37. The van der Waals surface area contributed by atoms with Crippen LogP contribution < -0.4 is 0 Å². The SMILES string of the molecule is BrC(Cc1cnccn1)C1CC1. The van der Waals surface area contributed by atoms with Crippen LogP contribution in [0.15, 0.2) is 18.6 Å². The smallest absolute Gasteiger partial charge is 0.0597 e. The van der Waals surface area contributed by atoms with Crippen LogP contribution in [0.2, 0.25) is 0 Å². The van der Waals surface area contributed by atoms with Crippen LogP contribution in [-0.4, -0.2) is 14.8 Å². The van der Waals surface area contributed by atoms with Crippen molar-refractivity contribution in [2.75, 3.05) is 0 Å². The van der Waals surface area contributed by atoms with Gasteiger partial charge in [-0.1, -0.05) is 15.9 Å². The fourth-order valence-electron chi connectivity index (χ4n) is 1.26. The van der Waals surface area contributed by atoms with Crippen LogP contribution in [0, 0.1) is 5.92 Å². The molecule has 1 aromatic heterocycles. The highest BCUT2D eigenvalue weighted by atomic mass is 79.9. The zero-order valence-electron chi connectivity index (χ0n) is 6.78. The maximum atomic E-state index is 4.24. The van der Waals surface area contributed by atoms with E-state index in [1.807, 2.05) is 6.20 Å². The molecule has 64 valence electrons. The van der Waals surface area contributed by atoms with Crippen molar-refractivity contribution >= 4 is 15.9 Å². The molecule has 1 heterocycles. The molecule has 0 aliphatic heterocycles. The van der Waals surface area contributed by atoms with Gasteiger partial charge in [-0.2, -0.15) is 0 Å². The standard InChI is InChI=1S/C9H11BrN2/c10-9(7-1-2-7)5-8-6-11-3-4-12-8/h3-4,6-7,9H,1-2,5H2. The van der Waals surface area contributed by atoms with E-state index in [1.165, 1.54) is 12.8 Å². The number of halogens is 1. The van der Waals surface area contributed by atoms with Crippen LogP contribution in [0.4, 0.5) is 0 Å². The molecular formula is C9H11BrN2. The van der Waals surface area contributed by atoms with Crippen molar-refractivity contribution in [1.29, 1.82) is 0 Å². The molecule has 3 heteroatoms. The van der Waals surface area contributed by atoms with Crippen molar-refractivity contribution in [2.24, 2.45) is 5.92 Å². The molecule has 1 aromatic rings. The van der Waals surface area contributed by atoms with Crippen molar-refractivity contribution < 1.29 is 0 Å². The Labute approximate surface area is 80.6 Å². The first-order valence-electron chi connectivity index (χ1n) is 4.25. The number of alkyl halides is 1. The predicted molar refractivity (Wildman–Crippen MR) is 51.2 cm³/mol. The van der Waals surface area contributed by atoms with Crippen LogP contribution in [-0.2, 0) is 6.42 Å². The fourth-order valence-corrected chi connectivity index (χ4v) is 2.12. The van der Waals surface area contributed by atoms with Gasteiger partial charge in [0.2, 0.25) is 0 Å². The van der Waals surface area contributed by atoms with E-state index in [9.17, 15) is 0 Å². The lowest BCUT2D eigenvalue weighted by molar-refractivity contribution is 0.743. The number of rotatable bonds is 3. The second kappa shape index (κ2) is 3.52. The molecule has 2 rings (SSSR count). The van der Waals surface area contributed by atoms with Gasteiger partial charge in [0.1, 0.15) is 0 Å². The lowest BCUT2D eigenvalue weighted by Gasteiger charge is -2.05. The number of hydrogen-bond acceptors (Lipinski definition) is 2. The van der Waals surface area contributed by atoms with Crippen molar-refractivity contribution in [3.8, 4) is 0 Å². The van der Waals surface area contributed by atoms with Gasteiger partial charge in [-0.15, -0.1) is 0 Å². The van der Waals surface area contributed by atoms with Crippen molar-refractivity contribution in [3.63, 3.8) is 0 Å². The quantitative estimate of drug-likeness (QED) is 0.739. The van der Waals surface area contributed by atoms with Gasteiger partial charge in [0.25, 0.3) is 0 Å². The molecule has 0 spiro atoms. The highest BCUT2D eigenvalue weighted by molar-refractivity contribution is 9.09. The lowest BCUT2D eigenvalue weighted by Crippen LogP contribution is -2.06. The first-order valence-corrected chi connectivity index (χ1v) is 5.17. The topological polar surface area (TPSA) is 25.8 Å². The minimum atomic E-state index is 0.606. The van der Waals surface area contributed by atoms with Crippen LogP contribution in [0.25, 0.3) is 0 Å². The summed E-state index contributed by atoms with van der Waals surface area (Å²) in [6.07, 6.45) is 9.06. The Morgan fingerprint density at radius 3 is 2.92 bits per heavy atom. The molecule has 0 bridgehead atoms. The summed E-state index contributed by atoms with van der Waals surface area (Å²) in [4.78, 5) is 8.88. The molecule has 0 aromatic carbocycles. The number of aromatic nitrogens is 2. The second-order valence-corrected chi connectivity index (χ2v) is 4.43. The molecule has 1 fully saturated rings. The van der Waals surface area contributed by atoms with Gasteiger partial charge < -0.3 is 0 Å². The summed E-state index contributed by atoms with van der Waals surface area (Å²) in [5.74, 6) is 0.881. The predicted octanol–water partition coefficient (Wildman–Crippen LogP) is 2.19. The summed E-state index contributed by atoms with van der Waals surface area (Å²) in [6.45, 7) is 0. The van der Waals surface area contributed by atoms with Gasteiger partial charge >= 0.3 is 0 Å². The molecule has 0 amide bonds. The largest absolute Gasteiger partial charge is 0.261 e.